The van der Waals surface area contributed by atoms with Gasteiger partial charge in [0.2, 0.25) is 0 Å². The smallest absolute Gasteiger partial charge is 0.312 e. The van der Waals surface area contributed by atoms with Crippen LogP contribution in [0.3, 0.4) is 0 Å². The predicted octanol–water partition coefficient (Wildman–Crippen LogP) is 2.32. The SMILES string of the molecule is Cc1ccc(N2C(=O)C3CCCCN3C2=O)cc1. The molecule has 0 spiro atoms. The monoisotopic (exact) mass is 244 g/mol. The van der Waals surface area contributed by atoms with Gasteiger partial charge in [0.05, 0.1) is 5.69 Å². The molecule has 0 bridgehead atoms. The van der Waals surface area contributed by atoms with Gasteiger partial charge in [0.25, 0.3) is 5.91 Å². The Hall–Kier alpha value is -1.84. The topological polar surface area (TPSA) is 40.6 Å². The van der Waals surface area contributed by atoms with E-state index in [4.69, 9.17) is 0 Å². The number of fused-ring (bicyclic) bond motifs is 1. The van der Waals surface area contributed by atoms with Crippen LogP contribution in [0, 0.1) is 6.92 Å². The molecule has 94 valence electrons. The highest BCUT2D eigenvalue weighted by atomic mass is 16.2. The lowest BCUT2D eigenvalue weighted by Gasteiger charge is -2.25. The average Bonchev–Trinajstić information content (AvgIpc) is 2.64. The molecule has 0 radical (unpaired) electrons. The maximum Gasteiger partial charge on any atom is 0.332 e. The lowest BCUT2D eigenvalue weighted by atomic mass is 10.0. The molecule has 0 saturated carbocycles. The number of carbonyl (C=O) groups is 2. The van der Waals surface area contributed by atoms with Gasteiger partial charge in [0.1, 0.15) is 6.04 Å². The van der Waals surface area contributed by atoms with Crippen LogP contribution >= 0.6 is 0 Å². The molecular formula is C14H16N2O2. The third kappa shape index (κ3) is 1.60. The quantitative estimate of drug-likeness (QED) is 0.711. The summed E-state index contributed by atoms with van der Waals surface area (Å²) < 4.78 is 0. The van der Waals surface area contributed by atoms with E-state index in [9.17, 15) is 9.59 Å². The number of imide groups is 1. The number of nitrogens with zero attached hydrogens (tertiary/aromatic N) is 2. The first-order valence-corrected chi connectivity index (χ1v) is 6.40. The van der Waals surface area contributed by atoms with Crippen LogP contribution in [0.1, 0.15) is 24.8 Å². The van der Waals surface area contributed by atoms with Crippen LogP contribution in [0.25, 0.3) is 0 Å². The summed E-state index contributed by atoms with van der Waals surface area (Å²) >= 11 is 0. The van der Waals surface area contributed by atoms with Gasteiger partial charge in [-0.3, -0.25) is 4.79 Å². The number of amides is 3. The maximum atomic E-state index is 12.3. The fourth-order valence-corrected chi connectivity index (χ4v) is 2.72. The van der Waals surface area contributed by atoms with Crippen molar-refractivity contribution < 1.29 is 9.59 Å². The van der Waals surface area contributed by atoms with Gasteiger partial charge in [-0.05, 0) is 38.3 Å². The lowest BCUT2D eigenvalue weighted by molar-refractivity contribution is -0.120. The van der Waals surface area contributed by atoms with Crippen molar-refractivity contribution in [2.75, 3.05) is 11.4 Å². The van der Waals surface area contributed by atoms with Crippen LogP contribution in [0.4, 0.5) is 10.5 Å². The molecule has 3 amide bonds. The Morgan fingerprint density at radius 2 is 1.83 bits per heavy atom. The average molecular weight is 244 g/mol. The Bertz CT molecular complexity index is 471. The first-order chi connectivity index (χ1) is 8.68. The molecule has 2 fully saturated rings. The van der Waals surface area contributed by atoms with Crippen molar-refractivity contribution >= 4 is 17.6 Å². The van der Waals surface area contributed by atoms with E-state index in [1.807, 2.05) is 31.2 Å². The number of urea groups is 1. The third-order valence-electron chi connectivity index (χ3n) is 3.74. The van der Waals surface area contributed by atoms with E-state index >= 15 is 0 Å². The molecule has 18 heavy (non-hydrogen) atoms. The zero-order valence-corrected chi connectivity index (χ0v) is 10.4. The highest BCUT2D eigenvalue weighted by Gasteiger charge is 2.46. The molecular weight excluding hydrogens is 228 g/mol. The minimum absolute atomic E-state index is 0.0662. The Labute approximate surface area is 106 Å². The van der Waals surface area contributed by atoms with Crippen LogP contribution < -0.4 is 4.90 Å². The van der Waals surface area contributed by atoms with Gasteiger partial charge in [-0.1, -0.05) is 17.7 Å². The standard InChI is InChI=1S/C14H16N2O2/c1-10-5-7-11(8-6-10)16-13(17)12-4-2-3-9-15(12)14(16)18/h5-8,12H,2-4,9H2,1H3. The van der Waals surface area contributed by atoms with Crippen molar-refractivity contribution in [3.8, 4) is 0 Å². The Morgan fingerprint density at radius 3 is 2.50 bits per heavy atom. The highest BCUT2D eigenvalue weighted by molar-refractivity contribution is 6.21. The van der Waals surface area contributed by atoms with Crippen molar-refractivity contribution in [2.45, 2.75) is 32.2 Å². The first kappa shape index (κ1) is 11.3. The minimum Gasteiger partial charge on any atom is -0.312 e. The van der Waals surface area contributed by atoms with Gasteiger partial charge in [-0.15, -0.1) is 0 Å². The van der Waals surface area contributed by atoms with Crippen LogP contribution in [-0.4, -0.2) is 29.4 Å². The lowest BCUT2D eigenvalue weighted by Crippen LogP contribution is -2.39. The number of anilines is 1. The minimum atomic E-state index is -0.229. The molecule has 0 aliphatic carbocycles. The summed E-state index contributed by atoms with van der Waals surface area (Å²) in [5, 5.41) is 0. The van der Waals surface area contributed by atoms with Gasteiger partial charge in [-0.25, -0.2) is 9.69 Å². The maximum absolute atomic E-state index is 12.3. The molecule has 4 nitrogen and oxygen atoms in total. The molecule has 2 aliphatic heterocycles. The van der Waals surface area contributed by atoms with E-state index in [0.29, 0.717) is 12.2 Å². The molecule has 4 heteroatoms. The number of piperidine rings is 1. The van der Waals surface area contributed by atoms with Crippen molar-refractivity contribution in [3.05, 3.63) is 29.8 Å². The van der Waals surface area contributed by atoms with E-state index < -0.39 is 0 Å². The molecule has 1 unspecified atom stereocenters. The Morgan fingerprint density at radius 1 is 1.11 bits per heavy atom. The van der Waals surface area contributed by atoms with E-state index in [-0.39, 0.29) is 18.0 Å². The second-order valence-electron chi connectivity index (χ2n) is 5.00. The summed E-state index contributed by atoms with van der Waals surface area (Å²) in [7, 11) is 0. The van der Waals surface area contributed by atoms with Crippen molar-refractivity contribution in [2.24, 2.45) is 0 Å². The first-order valence-electron chi connectivity index (χ1n) is 6.40. The van der Waals surface area contributed by atoms with Crippen LogP contribution in [0.2, 0.25) is 0 Å². The molecule has 1 aromatic rings. The summed E-state index contributed by atoms with van der Waals surface area (Å²) in [6, 6.07) is 7.13. The molecule has 1 aromatic carbocycles. The van der Waals surface area contributed by atoms with Gasteiger partial charge in [0, 0.05) is 6.54 Å². The van der Waals surface area contributed by atoms with Gasteiger partial charge >= 0.3 is 6.03 Å². The molecule has 2 heterocycles. The van der Waals surface area contributed by atoms with Crippen LogP contribution in [-0.2, 0) is 4.79 Å². The van der Waals surface area contributed by atoms with Crippen LogP contribution in [0.5, 0.6) is 0 Å². The summed E-state index contributed by atoms with van der Waals surface area (Å²) in [5.41, 5.74) is 1.81. The van der Waals surface area contributed by atoms with E-state index in [1.54, 1.807) is 4.90 Å². The summed E-state index contributed by atoms with van der Waals surface area (Å²) in [6.07, 6.45) is 2.83. The van der Waals surface area contributed by atoms with Crippen molar-refractivity contribution in [1.29, 1.82) is 0 Å². The summed E-state index contributed by atoms with van der Waals surface area (Å²) in [4.78, 5) is 27.6. The van der Waals surface area contributed by atoms with E-state index in [1.165, 1.54) is 4.90 Å². The van der Waals surface area contributed by atoms with Crippen molar-refractivity contribution in [1.82, 2.24) is 4.90 Å². The third-order valence-corrected chi connectivity index (χ3v) is 3.74. The second-order valence-corrected chi connectivity index (χ2v) is 5.00. The fraction of sp³-hybridized carbons (Fsp3) is 0.429. The van der Waals surface area contributed by atoms with Crippen LogP contribution in [0.15, 0.2) is 24.3 Å². The van der Waals surface area contributed by atoms with Gasteiger partial charge in [0.15, 0.2) is 0 Å². The number of aryl methyl sites for hydroxylation is 1. The second kappa shape index (κ2) is 4.12. The van der Waals surface area contributed by atoms with Gasteiger partial charge < -0.3 is 4.90 Å². The largest absolute Gasteiger partial charge is 0.332 e. The number of carbonyl (C=O) groups excluding carboxylic acids is 2. The zero-order chi connectivity index (χ0) is 12.7. The number of hydrogen-bond donors (Lipinski definition) is 0. The van der Waals surface area contributed by atoms with Gasteiger partial charge in [-0.2, -0.15) is 0 Å². The molecule has 1 atom stereocenters. The van der Waals surface area contributed by atoms with Crippen molar-refractivity contribution in [3.63, 3.8) is 0 Å². The van der Waals surface area contributed by atoms with E-state index in [2.05, 4.69) is 0 Å². The zero-order valence-electron chi connectivity index (χ0n) is 10.4. The normalized spacial score (nSPS) is 23.5. The molecule has 3 rings (SSSR count). The number of hydrogen-bond acceptors (Lipinski definition) is 2. The summed E-state index contributed by atoms with van der Waals surface area (Å²) in [6.45, 7) is 2.69. The fourth-order valence-electron chi connectivity index (χ4n) is 2.72. The number of benzene rings is 1. The molecule has 0 aromatic heterocycles. The number of rotatable bonds is 1. The predicted molar refractivity (Wildman–Crippen MR) is 68.4 cm³/mol. The molecule has 2 saturated heterocycles. The highest BCUT2D eigenvalue weighted by Crippen LogP contribution is 2.30. The van der Waals surface area contributed by atoms with E-state index in [0.717, 1.165) is 24.8 Å². The Kier molecular flexibility index (Phi) is 2.58. The Balaban J connectivity index is 1.95. The molecule has 2 aliphatic rings. The molecule has 0 N–H and O–H groups in total. The summed E-state index contributed by atoms with van der Waals surface area (Å²) in [5.74, 6) is -0.0662.